The minimum absolute atomic E-state index is 0.199. The molecule has 0 unspecified atom stereocenters. The van der Waals surface area contributed by atoms with E-state index in [0.29, 0.717) is 35.6 Å². The van der Waals surface area contributed by atoms with Crippen molar-refractivity contribution in [1.29, 1.82) is 5.26 Å². The number of nitriles is 1. The van der Waals surface area contributed by atoms with Gasteiger partial charge in [-0.05, 0) is 32.4 Å². The molecular formula is C22H25N7O. The summed E-state index contributed by atoms with van der Waals surface area (Å²) in [6.45, 7) is 6.69. The molecule has 2 aromatic heterocycles. The van der Waals surface area contributed by atoms with Gasteiger partial charge in [-0.2, -0.15) is 10.4 Å². The van der Waals surface area contributed by atoms with Crippen molar-refractivity contribution in [2.45, 2.75) is 39.4 Å². The van der Waals surface area contributed by atoms with E-state index < -0.39 is 5.54 Å². The zero-order valence-corrected chi connectivity index (χ0v) is 17.7. The van der Waals surface area contributed by atoms with Gasteiger partial charge in [0.15, 0.2) is 0 Å². The van der Waals surface area contributed by atoms with Crippen molar-refractivity contribution >= 4 is 17.0 Å². The van der Waals surface area contributed by atoms with Crippen molar-refractivity contribution in [2.24, 2.45) is 5.73 Å². The highest BCUT2D eigenvalue weighted by Crippen LogP contribution is 2.20. The molecule has 30 heavy (non-hydrogen) atoms. The molecule has 0 aliphatic rings. The summed E-state index contributed by atoms with van der Waals surface area (Å²) in [4.78, 5) is 19.9. The number of hydrogen-bond acceptors (Lipinski definition) is 6. The fourth-order valence-corrected chi connectivity index (χ4v) is 3.40. The molecule has 3 aromatic rings. The summed E-state index contributed by atoms with van der Waals surface area (Å²) in [5.41, 5.74) is 7.63. The average Bonchev–Trinajstić information content (AvgIpc) is 3.07. The molecule has 154 valence electrons. The highest BCUT2D eigenvalue weighted by Gasteiger charge is 2.22. The van der Waals surface area contributed by atoms with Crippen molar-refractivity contribution in [3.8, 4) is 17.9 Å². The van der Waals surface area contributed by atoms with E-state index in [4.69, 9.17) is 5.73 Å². The van der Waals surface area contributed by atoms with Crippen molar-refractivity contribution in [1.82, 2.24) is 19.3 Å². The van der Waals surface area contributed by atoms with Gasteiger partial charge in [0.05, 0.1) is 30.9 Å². The van der Waals surface area contributed by atoms with Crippen LogP contribution in [-0.2, 0) is 13.1 Å². The second kappa shape index (κ2) is 8.40. The summed E-state index contributed by atoms with van der Waals surface area (Å²) in [6, 6.07) is 9.33. The summed E-state index contributed by atoms with van der Waals surface area (Å²) in [7, 11) is 1.89. The average molecular weight is 403 g/mol. The first-order chi connectivity index (χ1) is 14.2. The molecule has 0 aliphatic heterocycles. The number of benzene rings is 1. The molecule has 8 nitrogen and oxygen atoms in total. The first-order valence-corrected chi connectivity index (χ1v) is 9.59. The molecule has 0 saturated heterocycles. The van der Waals surface area contributed by atoms with Crippen LogP contribution in [0.1, 0.15) is 31.9 Å². The van der Waals surface area contributed by atoms with E-state index in [1.807, 2.05) is 37.9 Å². The maximum Gasteiger partial charge on any atom is 0.293 e. The lowest BCUT2D eigenvalue weighted by Gasteiger charge is -2.27. The maximum atomic E-state index is 13.3. The van der Waals surface area contributed by atoms with E-state index in [1.165, 1.54) is 4.68 Å². The highest BCUT2D eigenvalue weighted by molar-refractivity contribution is 5.77. The fourth-order valence-electron chi connectivity index (χ4n) is 3.40. The number of fused-ring (bicyclic) bond motifs is 1. The van der Waals surface area contributed by atoms with Crippen molar-refractivity contribution in [3.63, 3.8) is 0 Å². The van der Waals surface area contributed by atoms with Crippen LogP contribution in [0.2, 0.25) is 0 Å². The van der Waals surface area contributed by atoms with Crippen LogP contribution in [0.3, 0.4) is 0 Å². The smallest absolute Gasteiger partial charge is 0.293 e. The SMILES string of the molecule is CC#CCn1c(N(C)CC(C)(C)N)nc2cnn(Cc3ccccc3C#N)c(=O)c21. The molecule has 2 heterocycles. The van der Waals surface area contributed by atoms with Crippen LogP contribution in [0.5, 0.6) is 0 Å². The summed E-state index contributed by atoms with van der Waals surface area (Å²) in [5.74, 6) is 6.50. The van der Waals surface area contributed by atoms with Crippen LogP contribution < -0.4 is 16.2 Å². The van der Waals surface area contributed by atoms with Gasteiger partial charge in [-0.15, -0.1) is 5.92 Å². The Bertz CT molecular complexity index is 1230. The molecule has 0 saturated carbocycles. The third-order valence-corrected chi connectivity index (χ3v) is 4.59. The molecule has 0 spiro atoms. The standard InChI is InChI=1S/C22H25N7O/c1-5-6-11-28-19-18(26-21(28)27(4)15-22(2,3)24)13-25-29(20(19)30)14-17-10-8-7-9-16(17)12-23/h7-10,13H,11,14-15,24H2,1-4H3. The number of rotatable bonds is 6. The number of likely N-dealkylation sites (N-methyl/N-ethyl adjacent to an activating group) is 1. The highest BCUT2D eigenvalue weighted by atomic mass is 16.1. The second-order valence-electron chi connectivity index (χ2n) is 7.88. The normalized spacial score (nSPS) is 11.1. The largest absolute Gasteiger partial charge is 0.343 e. The molecule has 0 atom stereocenters. The number of nitrogens with zero attached hydrogens (tertiary/aromatic N) is 6. The molecule has 1 aromatic carbocycles. The molecule has 0 amide bonds. The first-order valence-electron chi connectivity index (χ1n) is 9.59. The van der Waals surface area contributed by atoms with Crippen molar-refractivity contribution in [2.75, 3.05) is 18.5 Å². The van der Waals surface area contributed by atoms with E-state index in [0.717, 1.165) is 5.56 Å². The zero-order valence-electron chi connectivity index (χ0n) is 17.7. The van der Waals surface area contributed by atoms with Crippen LogP contribution in [0.15, 0.2) is 35.3 Å². The van der Waals surface area contributed by atoms with Crippen molar-refractivity contribution in [3.05, 3.63) is 51.9 Å². The van der Waals surface area contributed by atoms with Gasteiger partial charge in [0, 0.05) is 19.1 Å². The van der Waals surface area contributed by atoms with Gasteiger partial charge in [-0.1, -0.05) is 24.1 Å². The van der Waals surface area contributed by atoms with Gasteiger partial charge < -0.3 is 10.6 Å². The first kappa shape index (κ1) is 21.1. The minimum Gasteiger partial charge on any atom is -0.343 e. The molecule has 0 radical (unpaired) electrons. The van der Waals surface area contributed by atoms with Gasteiger partial charge in [-0.25, -0.2) is 9.67 Å². The summed E-state index contributed by atoms with van der Waals surface area (Å²) < 4.78 is 3.15. The van der Waals surface area contributed by atoms with E-state index in [9.17, 15) is 10.1 Å². The Balaban J connectivity index is 2.14. The Morgan fingerprint density at radius 3 is 2.70 bits per heavy atom. The lowest BCUT2D eigenvalue weighted by atomic mass is 10.1. The Morgan fingerprint density at radius 2 is 2.03 bits per heavy atom. The van der Waals surface area contributed by atoms with Crippen LogP contribution in [0.4, 0.5) is 5.95 Å². The predicted octanol–water partition coefficient (Wildman–Crippen LogP) is 1.71. The fraction of sp³-hybridized carbons (Fsp3) is 0.364. The predicted molar refractivity (Wildman–Crippen MR) is 117 cm³/mol. The molecule has 2 N–H and O–H groups in total. The van der Waals surface area contributed by atoms with Crippen LogP contribution in [0.25, 0.3) is 11.0 Å². The Hall–Kier alpha value is -3.62. The number of imidazole rings is 1. The molecule has 3 rings (SSSR count). The van der Waals surface area contributed by atoms with Gasteiger partial charge in [0.1, 0.15) is 11.0 Å². The lowest BCUT2D eigenvalue weighted by molar-refractivity contribution is 0.512. The quantitative estimate of drug-likeness (QED) is 0.628. The van der Waals surface area contributed by atoms with Gasteiger partial charge in [0.25, 0.3) is 5.56 Å². The van der Waals surface area contributed by atoms with Gasteiger partial charge in [0.2, 0.25) is 5.95 Å². The van der Waals surface area contributed by atoms with Gasteiger partial charge in [-0.3, -0.25) is 9.36 Å². The third-order valence-electron chi connectivity index (χ3n) is 4.59. The van der Waals surface area contributed by atoms with E-state index in [-0.39, 0.29) is 12.1 Å². The summed E-state index contributed by atoms with van der Waals surface area (Å²) in [6.07, 6.45) is 1.58. The lowest BCUT2D eigenvalue weighted by Crippen LogP contribution is -2.44. The number of nitrogens with two attached hydrogens (primary N) is 1. The second-order valence-corrected chi connectivity index (χ2v) is 7.88. The Kier molecular flexibility index (Phi) is 5.91. The van der Waals surface area contributed by atoms with E-state index in [2.05, 4.69) is 28.0 Å². The Labute approximate surface area is 175 Å². The molecule has 0 fully saturated rings. The van der Waals surface area contributed by atoms with Crippen LogP contribution >= 0.6 is 0 Å². The molecule has 0 bridgehead atoms. The topological polar surface area (TPSA) is 106 Å². The van der Waals surface area contributed by atoms with Crippen molar-refractivity contribution < 1.29 is 0 Å². The minimum atomic E-state index is -0.437. The molecular weight excluding hydrogens is 378 g/mol. The number of anilines is 1. The molecule has 0 aliphatic carbocycles. The molecule has 8 heteroatoms. The number of aromatic nitrogens is 4. The summed E-state index contributed by atoms with van der Waals surface area (Å²) in [5, 5.41) is 13.6. The van der Waals surface area contributed by atoms with Gasteiger partial charge >= 0.3 is 0 Å². The van der Waals surface area contributed by atoms with E-state index >= 15 is 0 Å². The van der Waals surface area contributed by atoms with E-state index in [1.54, 1.807) is 29.8 Å². The zero-order chi connectivity index (χ0) is 21.9. The number of hydrogen-bond donors (Lipinski definition) is 1. The van der Waals surface area contributed by atoms with Crippen LogP contribution in [-0.4, -0.2) is 38.5 Å². The third kappa shape index (κ3) is 4.35. The maximum absolute atomic E-state index is 13.3. The van der Waals surface area contributed by atoms with Crippen LogP contribution in [0, 0.1) is 23.2 Å². The Morgan fingerprint density at radius 1 is 1.30 bits per heavy atom. The monoisotopic (exact) mass is 403 g/mol. The summed E-state index contributed by atoms with van der Waals surface area (Å²) >= 11 is 0.